The fourth-order valence-corrected chi connectivity index (χ4v) is 1.68. The van der Waals surface area contributed by atoms with Gasteiger partial charge in [-0.3, -0.25) is 5.41 Å². The van der Waals surface area contributed by atoms with E-state index >= 15 is 0 Å². The van der Waals surface area contributed by atoms with E-state index in [2.05, 4.69) is 0 Å². The van der Waals surface area contributed by atoms with Crippen molar-refractivity contribution in [3.05, 3.63) is 28.4 Å². The van der Waals surface area contributed by atoms with Crippen molar-refractivity contribution in [2.45, 2.75) is 32.9 Å². The van der Waals surface area contributed by atoms with Gasteiger partial charge in [0.15, 0.2) is 5.49 Å². The lowest BCUT2D eigenvalue weighted by Crippen LogP contribution is -2.27. The van der Waals surface area contributed by atoms with Gasteiger partial charge < -0.3 is 5.21 Å². The molecule has 1 aromatic rings. The molecule has 0 fully saturated rings. The van der Waals surface area contributed by atoms with Crippen molar-refractivity contribution in [2.75, 3.05) is 0 Å². The van der Waals surface area contributed by atoms with Crippen LogP contribution in [-0.2, 0) is 6.18 Å². The average molecular weight is 234 g/mol. The lowest BCUT2D eigenvalue weighted by molar-refractivity contribution is -0.140. The first-order chi connectivity index (χ1) is 7.16. The maximum absolute atomic E-state index is 12.8. The molecule has 0 aliphatic rings. The molecule has 0 radical (unpaired) electrons. The van der Waals surface area contributed by atoms with Gasteiger partial charge in [-0.15, -0.1) is 0 Å². The Morgan fingerprint density at radius 3 is 2.25 bits per heavy atom. The van der Waals surface area contributed by atoms with E-state index in [0.29, 0.717) is 4.73 Å². The molecule has 0 saturated heterocycles. The van der Waals surface area contributed by atoms with E-state index < -0.39 is 17.7 Å². The minimum Gasteiger partial charge on any atom is -0.427 e. The summed E-state index contributed by atoms with van der Waals surface area (Å²) < 4.78 is 38.7. The van der Waals surface area contributed by atoms with E-state index in [1.807, 2.05) is 0 Å². The molecule has 1 heterocycles. The van der Waals surface area contributed by atoms with Crippen molar-refractivity contribution in [3.63, 3.8) is 0 Å². The topological polar surface area (TPSA) is 49.0 Å². The van der Waals surface area contributed by atoms with E-state index in [4.69, 9.17) is 5.41 Å². The van der Waals surface area contributed by atoms with Crippen LogP contribution in [0.25, 0.3) is 0 Å². The highest BCUT2D eigenvalue weighted by Gasteiger charge is 2.37. The first-order valence-electron chi connectivity index (χ1n) is 4.73. The number of pyridine rings is 1. The van der Waals surface area contributed by atoms with Crippen molar-refractivity contribution < 1.29 is 18.4 Å². The quantitative estimate of drug-likeness (QED) is 0.721. The standard InChI is InChI=1S/C10H13F3N2O/c1-5(2)9-8(10(11,12)13)6(3)4-7(14)15(9)16/h4-5,14,16H,1-3H3. The van der Waals surface area contributed by atoms with Gasteiger partial charge >= 0.3 is 6.18 Å². The molecule has 0 saturated carbocycles. The van der Waals surface area contributed by atoms with Gasteiger partial charge in [0, 0.05) is 0 Å². The lowest BCUT2D eigenvalue weighted by atomic mass is 9.99. The fourth-order valence-electron chi connectivity index (χ4n) is 1.68. The molecular weight excluding hydrogens is 221 g/mol. The second kappa shape index (κ2) is 3.84. The third-order valence-electron chi connectivity index (χ3n) is 2.29. The smallest absolute Gasteiger partial charge is 0.418 e. The minimum absolute atomic E-state index is 0.0495. The Balaban J connectivity index is 3.72. The summed E-state index contributed by atoms with van der Waals surface area (Å²) in [6.07, 6.45) is -4.53. The highest BCUT2D eigenvalue weighted by atomic mass is 19.4. The number of hydrogen-bond acceptors (Lipinski definition) is 2. The van der Waals surface area contributed by atoms with Crippen LogP contribution in [0.4, 0.5) is 13.2 Å². The summed E-state index contributed by atoms with van der Waals surface area (Å²) >= 11 is 0. The maximum Gasteiger partial charge on any atom is 0.418 e. The van der Waals surface area contributed by atoms with Crippen LogP contribution in [0.2, 0.25) is 0 Å². The van der Waals surface area contributed by atoms with E-state index in [9.17, 15) is 18.4 Å². The number of aryl methyl sites for hydroxylation is 1. The number of nitrogens with zero attached hydrogens (tertiary/aromatic N) is 1. The third kappa shape index (κ3) is 2.05. The Labute approximate surface area is 90.6 Å². The van der Waals surface area contributed by atoms with Gasteiger partial charge in [0.05, 0.1) is 11.3 Å². The van der Waals surface area contributed by atoms with Crippen molar-refractivity contribution in [1.82, 2.24) is 4.73 Å². The predicted molar refractivity (Wildman–Crippen MR) is 51.3 cm³/mol. The van der Waals surface area contributed by atoms with Crippen LogP contribution in [0.5, 0.6) is 0 Å². The highest BCUT2D eigenvalue weighted by Crippen LogP contribution is 2.36. The average Bonchev–Trinajstić information content (AvgIpc) is 2.07. The molecule has 3 nitrogen and oxygen atoms in total. The molecule has 90 valence electrons. The molecule has 0 aromatic carbocycles. The molecule has 0 amide bonds. The summed E-state index contributed by atoms with van der Waals surface area (Å²) in [5.41, 5.74) is -1.54. The molecule has 0 aliphatic heterocycles. The zero-order valence-electron chi connectivity index (χ0n) is 9.18. The molecule has 6 heteroatoms. The van der Waals surface area contributed by atoms with Gasteiger partial charge in [-0.2, -0.15) is 17.9 Å². The van der Waals surface area contributed by atoms with E-state index in [1.54, 1.807) is 0 Å². The second-order valence-corrected chi connectivity index (χ2v) is 3.94. The monoisotopic (exact) mass is 234 g/mol. The van der Waals surface area contributed by atoms with Crippen LogP contribution >= 0.6 is 0 Å². The lowest BCUT2D eigenvalue weighted by Gasteiger charge is -2.20. The number of hydrogen-bond donors (Lipinski definition) is 2. The van der Waals surface area contributed by atoms with Crippen LogP contribution in [0, 0.1) is 12.3 Å². The van der Waals surface area contributed by atoms with Crippen LogP contribution in [-0.4, -0.2) is 9.94 Å². The summed E-state index contributed by atoms with van der Waals surface area (Å²) in [5.74, 6) is -0.523. The van der Waals surface area contributed by atoms with Crippen LogP contribution in [0.1, 0.15) is 36.6 Å². The third-order valence-corrected chi connectivity index (χ3v) is 2.29. The fraction of sp³-hybridized carbons (Fsp3) is 0.500. The Bertz CT molecular complexity index is 460. The first-order valence-corrected chi connectivity index (χ1v) is 4.73. The minimum atomic E-state index is -4.53. The molecule has 2 N–H and O–H groups in total. The second-order valence-electron chi connectivity index (χ2n) is 3.94. The summed E-state index contributed by atoms with van der Waals surface area (Å²) in [7, 11) is 0. The van der Waals surface area contributed by atoms with Crippen molar-refractivity contribution >= 4 is 0 Å². The number of halogens is 3. The Hall–Kier alpha value is -1.46. The molecule has 0 aliphatic carbocycles. The van der Waals surface area contributed by atoms with Gasteiger partial charge in [-0.25, -0.2) is 0 Å². The summed E-state index contributed by atoms with van der Waals surface area (Å²) in [5, 5.41) is 16.8. The highest BCUT2D eigenvalue weighted by molar-refractivity contribution is 5.33. The van der Waals surface area contributed by atoms with E-state index in [1.165, 1.54) is 20.8 Å². The van der Waals surface area contributed by atoms with E-state index in [0.717, 1.165) is 6.07 Å². The molecule has 0 atom stereocenters. The first kappa shape index (κ1) is 12.6. The Morgan fingerprint density at radius 1 is 1.38 bits per heavy atom. The van der Waals surface area contributed by atoms with Crippen LogP contribution in [0.3, 0.4) is 0 Å². The van der Waals surface area contributed by atoms with Gasteiger partial charge in [0.1, 0.15) is 0 Å². The largest absolute Gasteiger partial charge is 0.427 e. The van der Waals surface area contributed by atoms with Gasteiger partial charge in [0.25, 0.3) is 0 Å². The molecule has 1 rings (SSSR count). The Kier molecular flexibility index (Phi) is 3.03. The number of alkyl halides is 3. The van der Waals surface area contributed by atoms with Crippen molar-refractivity contribution in [3.8, 4) is 0 Å². The molecule has 0 spiro atoms. The maximum atomic E-state index is 12.8. The van der Waals surface area contributed by atoms with Gasteiger partial charge in [-0.1, -0.05) is 13.8 Å². The Morgan fingerprint density at radius 2 is 1.88 bits per heavy atom. The van der Waals surface area contributed by atoms with E-state index in [-0.39, 0.29) is 16.7 Å². The predicted octanol–water partition coefficient (Wildman–Crippen LogP) is 2.66. The van der Waals surface area contributed by atoms with Crippen LogP contribution in [0.15, 0.2) is 6.07 Å². The molecule has 0 unspecified atom stereocenters. The molecular formula is C10H13F3N2O. The summed E-state index contributed by atoms with van der Waals surface area (Å²) in [6.45, 7) is 4.36. The van der Waals surface area contributed by atoms with Crippen LogP contribution < -0.4 is 5.49 Å². The zero-order valence-corrected chi connectivity index (χ0v) is 9.18. The zero-order chi connectivity index (χ0) is 12.7. The normalized spacial score (nSPS) is 12.2. The molecule has 1 aromatic heterocycles. The van der Waals surface area contributed by atoms with Gasteiger partial charge in [0.2, 0.25) is 0 Å². The number of aromatic nitrogens is 1. The number of nitrogens with one attached hydrogen (secondary N) is 1. The van der Waals surface area contributed by atoms with Crippen molar-refractivity contribution in [1.29, 1.82) is 5.41 Å². The summed E-state index contributed by atoms with van der Waals surface area (Å²) in [4.78, 5) is 0. The number of rotatable bonds is 1. The van der Waals surface area contributed by atoms with Crippen molar-refractivity contribution in [2.24, 2.45) is 0 Å². The molecule has 0 bridgehead atoms. The summed E-state index contributed by atoms with van der Waals surface area (Å²) in [6, 6.07) is 0.995. The molecule has 16 heavy (non-hydrogen) atoms. The SMILES string of the molecule is Cc1cc(=N)n(O)c(C(C)C)c1C(F)(F)F. The van der Waals surface area contributed by atoms with Gasteiger partial charge in [-0.05, 0) is 24.5 Å².